The van der Waals surface area contributed by atoms with Crippen molar-refractivity contribution in [2.75, 3.05) is 22.6 Å². The zero-order valence-electron chi connectivity index (χ0n) is 8.57. The fourth-order valence-electron chi connectivity index (χ4n) is 1.50. The second kappa shape index (κ2) is 5.05. The number of nitrogen functional groups attached to an aromatic ring is 1. The highest BCUT2D eigenvalue weighted by atomic mass is 79.9. The lowest BCUT2D eigenvalue weighted by Gasteiger charge is -2.10. The number of pyridine rings is 1. The van der Waals surface area contributed by atoms with Crippen molar-refractivity contribution < 1.29 is 4.79 Å². The minimum absolute atomic E-state index is 0.0444. The van der Waals surface area contributed by atoms with Gasteiger partial charge in [0, 0.05) is 11.7 Å². The predicted octanol–water partition coefficient (Wildman–Crippen LogP) is 2.12. The standard InChI is InChI=1S/C10H12BrN3OS/c11-8-3-7(12)4-13-9(8)14-10(15)6-1-2-16-5-6/h3-4,6H,1-2,5,12H2,(H,13,14,15). The smallest absolute Gasteiger partial charge is 0.229 e. The normalized spacial score (nSPS) is 19.7. The van der Waals surface area contributed by atoms with Gasteiger partial charge in [-0.2, -0.15) is 11.8 Å². The molecule has 0 radical (unpaired) electrons. The molecule has 0 saturated carbocycles. The molecule has 2 rings (SSSR count). The number of carbonyl (C=O) groups excluding carboxylic acids is 1. The van der Waals surface area contributed by atoms with Crippen LogP contribution >= 0.6 is 27.7 Å². The third-order valence-electron chi connectivity index (χ3n) is 2.40. The molecule has 0 aliphatic carbocycles. The Labute approximate surface area is 107 Å². The van der Waals surface area contributed by atoms with E-state index in [-0.39, 0.29) is 11.8 Å². The van der Waals surface area contributed by atoms with Crippen molar-refractivity contribution in [3.63, 3.8) is 0 Å². The topological polar surface area (TPSA) is 68.0 Å². The first-order valence-corrected chi connectivity index (χ1v) is 6.91. The van der Waals surface area contributed by atoms with Crippen molar-refractivity contribution in [1.82, 2.24) is 4.98 Å². The van der Waals surface area contributed by atoms with Crippen molar-refractivity contribution in [3.8, 4) is 0 Å². The van der Waals surface area contributed by atoms with Gasteiger partial charge in [0.1, 0.15) is 5.82 Å². The summed E-state index contributed by atoms with van der Waals surface area (Å²) in [5.74, 6) is 2.66. The first-order chi connectivity index (χ1) is 7.66. The van der Waals surface area contributed by atoms with Gasteiger partial charge in [0.15, 0.2) is 0 Å². The average molecular weight is 302 g/mol. The molecule has 1 saturated heterocycles. The molecule has 86 valence electrons. The molecule has 1 unspecified atom stereocenters. The highest BCUT2D eigenvalue weighted by Crippen LogP contribution is 2.26. The first-order valence-electron chi connectivity index (χ1n) is 4.96. The number of aromatic nitrogens is 1. The second-order valence-electron chi connectivity index (χ2n) is 3.65. The van der Waals surface area contributed by atoms with E-state index in [1.165, 1.54) is 6.20 Å². The summed E-state index contributed by atoms with van der Waals surface area (Å²) in [6.45, 7) is 0. The zero-order chi connectivity index (χ0) is 11.5. The van der Waals surface area contributed by atoms with E-state index in [4.69, 9.17) is 5.73 Å². The van der Waals surface area contributed by atoms with Crippen molar-refractivity contribution in [3.05, 3.63) is 16.7 Å². The number of amides is 1. The third-order valence-corrected chi connectivity index (χ3v) is 4.17. The number of nitrogens with one attached hydrogen (secondary N) is 1. The van der Waals surface area contributed by atoms with Crippen LogP contribution in [-0.4, -0.2) is 22.4 Å². The number of nitrogens with zero attached hydrogens (tertiary/aromatic N) is 1. The maximum absolute atomic E-state index is 11.8. The van der Waals surface area contributed by atoms with E-state index in [0.29, 0.717) is 16.0 Å². The number of carbonyl (C=O) groups is 1. The Balaban J connectivity index is 2.05. The molecule has 2 heterocycles. The Bertz CT molecular complexity index is 407. The number of anilines is 2. The highest BCUT2D eigenvalue weighted by molar-refractivity contribution is 9.10. The van der Waals surface area contributed by atoms with Gasteiger partial charge in [0.25, 0.3) is 0 Å². The molecule has 1 aromatic rings. The number of halogens is 1. The number of hydrogen-bond donors (Lipinski definition) is 2. The molecule has 1 atom stereocenters. The van der Waals surface area contributed by atoms with Gasteiger partial charge in [-0.15, -0.1) is 0 Å². The van der Waals surface area contributed by atoms with E-state index in [0.717, 1.165) is 17.9 Å². The lowest BCUT2D eigenvalue weighted by Crippen LogP contribution is -2.23. The van der Waals surface area contributed by atoms with Crippen molar-refractivity contribution >= 4 is 45.1 Å². The highest BCUT2D eigenvalue weighted by Gasteiger charge is 2.23. The van der Waals surface area contributed by atoms with Gasteiger partial charge in [-0.25, -0.2) is 4.98 Å². The zero-order valence-corrected chi connectivity index (χ0v) is 11.0. The fourth-order valence-corrected chi connectivity index (χ4v) is 3.19. The molecule has 1 fully saturated rings. The quantitative estimate of drug-likeness (QED) is 0.878. The molecule has 0 spiro atoms. The van der Waals surface area contributed by atoms with Gasteiger partial charge >= 0.3 is 0 Å². The lowest BCUT2D eigenvalue weighted by molar-refractivity contribution is -0.119. The molecule has 6 heteroatoms. The maximum Gasteiger partial charge on any atom is 0.229 e. The third kappa shape index (κ3) is 2.68. The van der Waals surface area contributed by atoms with E-state index in [9.17, 15) is 4.79 Å². The summed E-state index contributed by atoms with van der Waals surface area (Å²) in [6.07, 6.45) is 2.48. The van der Waals surface area contributed by atoms with Gasteiger partial charge in [0.2, 0.25) is 5.91 Å². The summed E-state index contributed by atoms with van der Waals surface area (Å²) in [6, 6.07) is 1.73. The van der Waals surface area contributed by atoms with Crippen LogP contribution in [0.5, 0.6) is 0 Å². The molecule has 1 aromatic heterocycles. The van der Waals surface area contributed by atoms with Crippen LogP contribution in [0.4, 0.5) is 11.5 Å². The molecule has 4 nitrogen and oxygen atoms in total. The van der Waals surface area contributed by atoms with Crippen LogP contribution in [0.2, 0.25) is 0 Å². The van der Waals surface area contributed by atoms with E-state index in [1.54, 1.807) is 6.07 Å². The molecule has 1 aliphatic rings. The van der Waals surface area contributed by atoms with E-state index >= 15 is 0 Å². The largest absolute Gasteiger partial charge is 0.397 e. The molecular weight excluding hydrogens is 290 g/mol. The van der Waals surface area contributed by atoms with Crippen LogP contribution in [0.25, 0.3) is 0 Å². The van der Waals surface area contributed by atoms with Crippen LogP contribution in [0.1, 0.15) is 6.42 Å². The first kappa shape index (κ1) is 11.7. The summed E-state index contributed by atoms with van der Waals surface area (Å²) in [7, 11) is 0. The van der Waals surface area contributed by atoms with Crippen LogP contribution in [0.15, 0.2) is 16.7 Å². The molecule has 1 amide bonds. The van der Waals surface area contributed by atoms with Crippen LogP contribution in [-0.2, 0) is 4.79 Å². The van der Waals surface area contributed by atoms with Gasteiger partial charge in [-0.05, 0) is 34.2 Å². The SMILES string of the molecule is Nc1cnc(NC(=O)C2CCSC2)c(Br)c1. The predicted molar refractivity (Wildman–Crippen MR) is 70.4 cm³/mol. The van der Waals surface area contributed by atoms with E-state index in [1.807, 2.05) is 11.8 Å². The fraction of sp³-hybridized carbons (Fsp3) is 0.400. The Morgan fingerprint density at radius 3 is 3.12 bits per heavy atom. The van der Waals surface area contributed by atoms with Gasteiger partial charge in [-0.3, -0.25) is 4.79 Å². The molecule has 16 heavy (non-hydrogen) atoms. The Morgan fingerprint density at radius 2 is 2.50 bits per heavy atom. The van der Waals surface area contributed by atoms with Crippen LogP contribution < -0.4 is 11.1 Å². The Kier molecular flexibility index (Phi) is 3.70. The molecular formula is C10H12BrN3OS. The summed E-state index contributed by atoms with van der Waals surface area (Å²) in [5, 5.41) is 2.81. The van der Waals surface area contributed by atoms with Crippen LogP contribution in [0, 0.1) is 5.92 Å². The second-order valence-corrected chi connectivity index (χ2v) is 5.65. The Hall–Kier alpha value is -0.750. The Morgan fingerprint density at radius 1 is 1.69 bits per heavy atom. The molecule has 3 N–H and O–H groups in total. The molecule has 0 aromatic carbocycles. The van der Waals surface area contributed by atoms with Crippen molar-refractivity contribution in [1.29, 1.82) is 0 Å². The number of nitrogens with two attached hydrogens (primary N) is 1. The summed E-state index contributed by atoms with van der Waals surface area (Å²) in [5.41, 5.74) is 6.14. The monoisotopic (exact) mass is 301 g/mol. The average Bonchev–Trinajstić information content (AvgIpc) is 2.75. The number of hydrogen-bond acceptors (Lipinski definition) is 4. The maximum atomic E-state index is 11.8. The van der Waals surface area contributed by atoms with Gasteiger partial charge < -0.3 is 11.1 Å². The summed E-state index contributed by atoms with van der Waals surface area (Å²) >= 11 is 5.14. The molecule has 0 bridgehead atoms. The van der Waals surface area contributed by atoms with Crippen molar-refractivity contribution in [2.45, 2.75) is 6.42 Å². The number of thioether (sulfide) groups is 1. The minimum Gasteiger partial charge on any atom is -0.397 e. The van der Waals surface area contributed by atoms with E-state index in [2.05, 4.69) is 26.2 Å². The van der Waals surface area contributed by atoms with E-state index < -0.39 is 0 Å². The number of rotatable bonds is 2. The summed E-state index contributed by atoms with van der Waals surface area (Å²) in [4.78, 5) is 15.9. The van der Waals surface area contributed by atoms with Gasteiger partial charge in [0.05, 0.1) is 16.4 Å². The minimum atomic E-state index is 0.0444. The lowest BCUT2D eigenvalue weighted by atomic mass is 10.1. The van der Waals surface area contributed by atoms with Crippen molar-refractivity contribution in [2.24, 2.45) is 5.92 Å². The molecule has 1 aliphatic heterocycles. The van der Waals surface area contributed by atoms with Crippen LogP contribution in [0.3, 0.4) is 0 Å². The summed E-state index contributed by atoms with van der Waals surface area (Å²) < 4.78 is 0.714. The van der Waals surface area contributed by atoms with Gasteiger partial charge in [-0.1, -0.05) is 0 Å².